The minimum Gasteiger partial charge on any atom is -0.368 e. The van der Waals surface area contributed by atoms with Gasteiger partial charge in [-0.15, -0.1) is 0 Å². The fourth-order valence-corrected chi connectivity index (χ4v) is 1.29. The van der Waals surface area contributed by atoms with E-state index in [4.69, 9.17) is 5.73 Å². The van der Waals surface area contributed by atoms with Gasteiger partial charge in [-0.1, -0.05) is 20.3 Å². The number of carbonyl (C=O) groups excluding carboxylic acids is 1. The lowest BCUT2D eigenvalue weighted by molar-refractivity contribution is -0.122. The number of amides is 1. The number of rotatable bonds is 6. The predicted octanol–water partition coefficient (Wildman–Crippen LogP) is 0.982. The molecule has 0 radical (unpaired) electrons. The van der Waals surface area contributed by atoms with Crippen molar-refractivity contribution >= 4 is 5.91 Å². The second-order valence-electron chi connectivity index (χ2n) is 3.16. The van der Waals surface area contributed by atoms with Crippen LogP contribution in [-0.4, -0.2) is 30.4 Å². The first-order valence-electron chi connectivity index (χ1n) is 4.63. The van der Waals surface area contributed by atoms with E-state index in [9.17, 15) is 4.79 Å². The average molecular weight is 172 g/mol. The molecule has 12 heavy (non-hydrogen) atoms. The SMILES string of the molecule is CCCCN(C)C(CC)C(N)=O. The fraction of sp³-hybridized carbons (Fsp3) is 0.889. The first-order chi connectivity index (χ1) is 5.63. The van der Waals surface area contributed by atoms with Crippen molar-refractivity contribution in [2.75, 3.05) is 13.6 Å². The van der Waals surface area contributed by atoms with Crippen molar-refractivity contribution in [3.8, 4) is 0 Å². The van der Waals surface area contributed by atoms with Crippen LogP contribution in [0.2, 0.25) is 0 Å². The van der Waals surface area contributed by atoms with Crippen molar-refractivity contribution in [3.63, 3.8) is 0 Å². The van der Waals surface area contributed by atoms with Gasteiger partial charge in [0.25, 0.3) is 0 Å². The van der Waals surface area contributed by atoms with Crippen LogP contribution in [0.3, 0.4) is 0 Å². The predicted molar refractivity (Wildman–Crippen MR) is 50.8 cm³/mol. The van der Waals surface area contributed by atoms with E-state index in [1.807, 2.05) is 18.9 Å². The zero-order valence-electron chi connectivity index (χ0n) is 8.34. The molecule has 0 rings (SSSR count). The second-order valence-corrected chi connectivity index (χ2v) is 3.16. The number of primary amides is 1. The Morgan fingerprint density at radius 2 is 2.08 bits per heavy atom. The summed E-state index contributed by atoms with van der Waals surface area (Å²) in [4.78, 5) is 12.9. The van der Waals surface area contributed by atoms with Gasteiger partial charge in [-0.05, 0) is 26.4 Å². The summed E-state index contributed by atoms with van der Waals surface area (Å²) in [6, 6.07) is -0.0865. The summed E-state index contributed by atoms with van der Waals surface area (Å²) in [5.41, 5.74) is 5.24. The number of unbranched alkanes of at least 4 members (excludes halogenated alkanes) is 1. The highest BCUT2D eigenvalue weighted by molar-refractivity contribution is 5.79. The molecule has 0 aliphatic carbocycles. The summed E-state index contributed by atoms with van der Waals surface area (Å²) in [6.45, 7) is 5.08. The lowest BCUT2D eigenvalue weighted by Crippen LogP contribution is -2.42. The molecule has 72 valence electrons. The van der Waals surface area contributed by atoms with Crippen LogP contribution in [0, 0.1) is 0 Å². The summed E-state index contributed by atoms with van der Waals surface area (Å²) >= 11 is 0. The van der Waals surface area contributed by atoms with Crippen LogP contribution in [0.25, 0.3) is 0 Å². The zero-order chi connectivity index (χ0) is 9.56. The molecule has 1 atom stereocenters. The fourth-order valence-electron chi connectivity index (χ4n) is 1.29. The molecular formula is C9H20N2O. The number of nitrogens with zero attached hydrogens (tertiary/aromatic N) is 1. The molecule has 0 saturated carbocycles. The van der Waals surface area contributed by atoms with Gasteiger partial charge in [0, 0.05) is 0 Å². The largest absolute Gasteiger partial charge is 0.368 e. The van der Waals surface area contributed by atoms with E-state index in [1.54, 1.807) is 0 Å². The van der Waals surface area contributed by atoms with Crippen LogP contribution < -0.4 is 5.73 Å². The van der Waals surface area contributed by atoms with Gasteiger partial charge in [0.15, 0.2) is 0 Å². The molecule has 2 N–H and O–H groups in total. The molecule has 3 nitrogen and oxygen atoms in total. The van der Waals surface area contributed by atoms with Gasteiger partial charge in [0.05, 0.1) is 6.04 Å². The van der Waals surface area contributed by atoms with Gasteiger partial charge < -0.3 is 5.73 Å². The van der Waals surface area contributed by atoms with E-state index < -0.39 is 0 Å². The van der Waals surface area contributed by atoms with Gasteiger partial charge in [-0.2, -0.15) is 0 Å². The van der Waals surface area contributed by atoms with E-state index in [0.717, 1.165) is 25.8 Å². The average Bonchev–Trinajstić information content (AvgIpc) is 2.01. The van der Waals surface area contributed by atoms with Crippen LogP contribution in [0.15, 0.2) is 0 Å². The topological polar surface area (TPSA) is 46.3 Å². The summed E-state index contributed by atoms with van der Waals surface area (Å²) in [6.07, 6.45) is 3.08. The molecule has 0 aliphatic heterocycles. The molecule has 0 heterocycles. The van der Waals surface area contributed by atoms with Crippen LogP contribution in [-0.2, 0) is 4.79 Å². The number of nitrogens with two attached hydrogens (primary N) is 1. The Kier molecular flexibility index (Phi) is 5.72. The minimum atomic E-state index is -0.212. The minimum absolute atomic E-state index is 0.0865. The number of hydrogen-bond acceptors (Lipinski definition) is 2. The Balaban J connectivity index is 3.85. The van der Waals surface area contributed by atoms with E-state index in [2.05, 4.69) is 6.92 Å². The molecule has 0 spiro atoms. The van der Waals surface area contributed by atoms with Crippen LogP contribution in [0.4, 0.5) is 0 Å². The van der Waals surface area contributed by atoms with Gasteiger partial charge in [0.1, 0.15) is 0 Å². The van der Waals surface area contributed by atoms with Gasteiger partial charge >= 0.3 is 0 Å². The normalized spacial score (nSPS) is 13.3. The molecule has 1 unspecified atom stereocenters. The van der Waals surface area contributed by atoms with Crippen molar-refractivity contribution in [2.24, 2.45) is 5.73 Å². The van der Waals surface area contributed by atoms with Crippen molar-refractivity contribution in [1.29, 1.82) is 0 Å². The molecule has 0 bridgehead atoms. The van der Waals surface area contributed by atoms with Crippen molar-refractivity contribution in [2.45, 2.75) is 39.2 Å². The smallest absolute Gasteiger partial charge is 0.234 e. The Morgan fingerprint density at radius 3 is 2.42 bits per heavy atom. The van der Waals surface area contributed by atoms with Crippen molar-refractivity contribution in [3.05, 3.63) is 0 Å². The summed E-state index contributed by atoms with van der Waals surface area (Å²) in [5, 5.41) is 0. The van der Waals surface area contributed by atoms with E-state index >= 15 is 0 Å². The van der Waals surface area contributed by atoms with E-state index in [-0.39, 0.29) is 11.9 Å². The zero-order valence-corrected chi connectivity index (χ0v) is 8.34. The lowest BCUT2D eigenvalue weighted by Gasteiger charge is -2.23. The molecule has 0 fully saturated rings. The summed E-state index contributed by atoms with van der Waals surface area (Å²) in [5.74, 6) is -0.212. The molecule has 3 heteroatoms. The van der Waals surface area contributed by atoms with Gasteiger partial charge in [-0.3, -0.25) is 9.69 Å². The first-order valence-corrected chi connectivity index (χ1v) is 4.63. The molecule has 0 aliphatic rings. The monoisotopic (exact) mass is 172 g/mol. The first kappa shape index (κ1) is 11.4. The third-order valence-electron chi connectivity index (χ3n) is 2.11. The van der Waals surface area contributed by atoms with Crippen molar-refractivity contribution < 1.29 is 4.79 Å². The van der Waals surface area contributed by atoms with Crippen LogP contribution >= 0.6 is 0 Å². The third kappa shape index (κ3) is 3.72. The Labute approximate surface area is 74.9 Å². The molecule has 1 amide bonds. The Morgan fingerprint density at radius 1 is 1.50 bits per heavy atom. The Bertz CT molecular complexity index is 136. The lowest BCUT2D eigenvalue weighted by atomic mass is 10.2. The van der Waals surface area contributed by atoms with E-state index in [0.29, 0.717) is 0 Å². The molecular weight excluding hydrogens is 152 g/mol. The number of likely N-dealkylation sites (N-methyl/N-ethyl adjacent to an activating group) is 1. The quantitative estimate of drug-likeness (QED) is 0.649. The van der Waals surface area contributed by atoms with E-state index in [1.165, 1.54) is 0 Å². The molecule has 0 aromatic heterocycles. The molecule has 0 saturated heterocycles. The van der Waals surface area contributed by atoms with Crippen LogP contribution in [0.5, 0.6) is 0 Å². The highest BCUT2D eigenvalue weighted by atomic mass is 16.1. The van der Waals surface area contributed by atoms with Gasteiger partial charge in [0.2, 0.25) is 5.91 Å². The van der Waals surface area contributed by atoms with Gasteiger partial charge in [-0.25, -0.2) is 0 Å². The maximum atomic E-state index is 10.9. The molecule has 0 aromatic carbocycles. The third-order valence-corrected chi connectivity index (χ3v) is 2.11. The maximum absolute atomic E-state index is 10.9. The molecule has 0 aromatic rings. The van der Waals surface area contributed by atoms with Crippen molar-refractivity contribution in [1.82, 2.24) is 4.90 Å². The highest BCUT2D eigenvalue weighted by Gasteiger charge is 2.17. The summed E-state index contributed by atoms with van der Waals surface area (Å²) < 4.78 is 0. The number of hydrogen-bond donors (Lipinski definition) is 1. The number of carbonyl (C=O) groups is 1. The Hall–Kier alpha value is -0.570. The second kappa shape index (κ2) is 6.00. The van der Waals surface area contributed by atoms with Crippen LogP contribution in [0.1, 0.15) is 33.1 Å². The summed E-state index contributed by atoms with van der Waals surface area (Å²) in [7, 11) is 1.95. The maximum Gasteiger partial charge on any atom is 0.234 e. The highest BCUT2D eigenvalue weighted by Crippen LogP contribution is 2.02. The standard InChI is InChI=1S/C9H20N2O/c1-4-6-7-11(3)8(5-2)9(10)12/h8H,4-7H2,1-3H3,(H2,10,12).